The second-order valence-corrected chi connectivity index (χ2v) is 16.1. The van der Waals surface area contributed by atoms with Crippen molar-refractivity contribution in [3.63, 3.8) is 0 Å². The third-order valence-electron chi connectivity index (χ3n) is 11.7. The SMILES string of the molecule is Fc1c(F)c(F)c(-c2c(-c3c(F)c(F)c(F)c(F)c3F)c(-c3c(F)c(F)c(F)c(F)c3F)[c-](-c3c(F)c(F)c(F)c(F)c3F)c2-c2c(F)c(F)c(F)c(F)c2F)c(F)c1F.c1ccc([C+](c2ccccc2)c2ccccc2)cc1. The summed E-state index contributed by atoms with van der Waals surface area (Å²) in [4.78, 5) is 0. The summed E-state index contributed by atoms with van der Waals surface area (Å²) in [6.45, 7) is 0. The van der Waals surface area contributed by atoms with Gasteiger partial charge in [0.05, 0.1) is 22.6 Å². The van der Waals surface area contributed by atoms with Gasteiger partial charge in [-0.05, 0) is 78.4 Å². The van der Waals surface area contributed by atoms with Gasteiger partial charge in [-0.2, -0.15) is 0 Å². The van der Waals surface area contributed by atoms with Gasteiger partial charge in [-0.25, -0.2) is 110 Å². The Morgan fingerprint density at radius 2 is 0.367 bits per heavy atom. The normalized spacial score (nSPS) is 11.4. The summed E-state index contributed by atoms with van der Waals surface area (Å²) in [5.74, 6) is -85.9. The Morgan fingerprint density at radius 1 is 0.190 bits per heavy atom. The summed E-state index contributed by atoms with van der Waals surface area (Å²) < 4.78 is 378. The maximum absolute atomic E-state index is 15.8. The van der Waals surface area contributed by atoms with Gasteiger partial charge in [0.2, 0.25) is 11.6 Å². The zero-order valence-corrected chi connectivity index (χ0v) is 37.6. The second kappa shape index (κ2) is 21.2. The minimum atomic E-state index is -3.57. The molecule has 0 spiro atoms. The lowest BCUT2D eigenvalue weighted by Crippen LogP contribution is -2.09. The van der Waals surface area contributed by atoms with Crippen LogP contribution in [0.3, 0.4) is 0 Å². The van der Waals surface area contributed by atoms with Crippen molar-refractivity contribution < 1.29 is 110 Å². The summed E-state index contributed by atoms with van der Waals surface area (Å²) >= 11 is 0. The molecule has 79 heavy (non-hydrogen) atoms. The van der Waals surface area contributed by atoms with Crippen molar-refractivity contribution in [1.82, 2.24) is 0 Å². The van der Waals surface area contributed by atoms with Crippen molar-refractivity contribution in [2.45, 2.75) is 0 Å². The van der Waals surface area contributed by atoms with Gasteiger partial charge in [-0.3, -0.25) is 0 Å². The molecule has 0 saturated carbocycles. The fraction of sp³-hybridized carbons (Fsp3) is 0. The Balaban J connectivity index is 0.000000360. The maximum atomic E-state index is 15.8. The number of hydrogen-bond acceptors (Lipinski definition) is 0. The fourth-order valence-electron chi connectivity index (χ4n) is 8.31. The molecule has 9 aromatic carbocycles. The molecule has 0 aliphatic rings. The van der Waals surface area contributed by atoms with Crippen LogP contribution in [0.1, 0.15) is 16.7 Å². The van der Waals surface area contributed by atoms with Gasteiger partial charge in [0.1, 0.15) is 34.9 Å². The average molecular weight is 1140 g/mol. The molecule has 0 amide bonds. The van der Waals surface area contributed by atoms with Crippen molar-refractivity contribution in [3.05, 3.63) is 259 Å². The molecule has 0 nitrogen and oxygen atoms in total. The summed E-state index contributed by atoms with van der Waals surface area (Å²) in [7, 11) is 0. The first-order valence-corrected chi connectivity index (χ1v) is 21.2. The second-order valence-electron chi connectivity index (χ2n) is 16.1. The monoisotopic (exact) mass is 1140 g/mol. The van der Waals surface area contributed by atoms with Gasteiger partial charge in [0, 0.05) is 22.3 Å². The van der Waals surface area contributed by atoms with Gasteiger partial charge in [-0.15, -0.1) is 0 Å². The van der Waals surface area contributed by atoms with E-state index in [2.05, 4.69) is 91.0 Å². The summed E-state index contributed by atoms with van der Waals surface area (Å²) in [5.41, 5.74) is -28.6. The van der Waals surface area contributed by atoms with Crippen LogP contribution in [0.2, 0.25) is 0 Å². The first kappa shape index (κ1) is 56.4. The Labute approximate surface area is 423 Å². The summed E-state index contributed by atoms with van der Waals surface area (Å²) in [6.07, 6.45) is 0. The zero-order valence-electron chi connectivity index (χ0n) is 37.6. The Kier molecular flexibility index (Phi) is 15.2. The van der Waals surface area contributed by atoms with E-state index >= 15 is 43.9 Å². The largest absolute Gasteiger partial charge is 0.236 e. The van der Waals surface area contributed by atoms with E-state index < -0.39 is 201 Å². The van der Waals surface area contributed by atoms with Crippen LogP contribution in [0.4, 0.5) is 110 Å². The highest BCUT2D eigenvalue weighted by molar-refractivity contribution is 6.15. The van der Waals surface area contributed by atoms with Crippen molar-refractivity contribution in [3.8, 4) is 55.6 Å². The highest BCUT2D eigenvalue weighted by Gasteiger charge is 2.42. The van der Waals surface area contributed by atoms with E-state index in [1.165, 1.54) is 22.6 Å². The number of halogens is 25. The Hall–Kier alpha value is -8.77. The van der Waals surface area contributed by atoms with E-state index in [0.717, 1.165) is 0 Å². The van der Waals surface area contributed by atoms with Gasteiger partial charge >= 0.3 is 0 Å². The minimum absolute atomic E-state index is 1.25. The highest BCUT2D eigenvalue weighted by Crippen LogP contribution is 2.60. The summed E-state index contributed by atoms with van der Waals surface area (Å²) in [6, 6.07) is 31.6. The van der Waals surface area contributed by atoms with Crippen molar-refractivity contribution >= 4 is 0 Å². The van der Waals surface area contributed by atoms with E-state index in [1.807, 2.05) is 0 Å². The van der Waals surface area contributed by atoms with E-state index in [-0.39, 0.29) is 0 Å². The van der Waals surface area contributed by atoms with Crippen LogP contribution in [-0.2, 0) is 0 Å². The molecule has 406 valence electrons. The van der Waals surface area contributed by atoms with Crippen LogP contribution >= 0.6 is 0 Å². The van der Waals surface area contributed by atoms with Crippen LogP contribution in [0.5, 0.6) is 0 Å². The fourth-order valence-corrected chi connectivity index (χ4v) is 8.31. The predicted molar refractivity (Wildman–Crippen MR) is 228 cm³/mol. The molecule has 25 heteroatoms. The average Bonchev–Trinajstić information content (AvgIpc) is 3.82. The third-order valence-corrected chi connectivity index (χ3v) is 11.7. The lowest BCUT2D eigenvalue weighted by Gasteiger charge is -2.22. The lowest BCUT2D eigenvalue weighted by molar-refractivity contribution is 0.380. The van der Waals surface area contributed by atoms with Gasteiger partial charge in [0.15, 0.2) is 98.9 Å². The maximum Gasteiger partial charge on any atom is 0.200 e. The molecule has 0 saturated heterocycles. The lowest BCUT2D eigenvalue weighted by atomic mass is 9.85. The molecule has 0 aliphatic carbocycles. The molecule has 9 aromatic rings. The van der Waals surface area contributed by atoms with E-state index in [4.69, 9.17) is 0 Å². The number of benzene rings is 8. The number of rotatable bonds is 8. The van der Waals surface area contributed by atoms with Crippen molar-refractivity contribution in [1.29, 1.82) is 0 Å². The predicted octanol–water partition coefficient (Wildman–Crippen LogP) is 17.9. The molecule has 0 fully saturated rings. The van der Waals surface area contributed by atoms with Crippen LogP contribution in [0, 0.1) is 151 Å². The van der Waals surface area contributed by atoms with Crippen LogP contribution in [0.25, 0.3) is 55.6 Å². The van der Waals surface area contributed by atoms with Gasteiger partial charge < -0.3 is 0 Å². The van der Waals surface area contributed by atoms with Crippen molar-refractivity contribution in [2.75, 3.05) is 0 Å². The summed E-state index contributed by atoms with van der Waals surface area (Å²) in [5, 5.41) is 0. The molecule has 0 unspecified atom stereocenters. The van der Waals surface area contributed by atoms with Crippen LogP contribution in [0.15, 0.2) is 91.0 Å². The van der Waals surface area contributed by atoms with E-state index in [1.54, 1.807) is 0 Å². The molecule has 0 aliphatic heterocycles. The third kappa shape index (κ3) is 8.93. The molecule has 0 radical (unpaired) electrons. The molecule has 0 atom stereocenters. The van der Waals surface area contributed by atoms with Crippen LogP contribution in [-0.4, -0.2) is 0 Å². The molecule has 0 bridgehead atoms. The molecule has 9 rings (SSSR count). The van der Waals surface area contributed by atoms with Gasteiger partial charge in [-0.1, -0.05) is 46.0 Å². The number of hydrogen-bond donors (Lipinski definition) is 0. The molecule has 0 heterocycles. The van der Waals surface area contributed by atoms with E-state index in [9.17, 15) is 65.9 Å². The molecule has 0 aromatic heterocycles. The first-order chi connectivity index (χ1) is 37.2. The zero-order chi connectivity index (χ0) is 58.1. The first-order valence-electron chi connectivity index (χ1n) is 21.2. The van der Waals surface area contributed by atoms with E-state index in [0.29, 0.717) is 0 Å². The molecule has 0 N–H and O–H groups in total. The Bertz CT molecular complexity index is 3240. The minimum Gasteiger partial charge on any atom is -0.236 e. The molecular formula is C54H15F25. The van der Waals surface area contributed by atoms with Gasteiger partial charge in [0.25, 0.3) is 0 Å². The van der Waals surface area contributed by atoms with Crippen molar-refractivity contribution in [2.24, 2.45) is 0 Å². The molecular weight excluding hydrogens is 1120 g/mol. The smallest absolute Gasteiger partial charge is 0.200 e. The highest BCUT2D eigenvalue weighted by atomic mass is 19.2. The standard InChI is InChI=1S/C35F25.C19H15/c36-11-6(12(37)22(47)31(56)21(11)46)1-2(7-13(38)23(48)32(57)24(49)14(7)39)4(9-17(42)27(52)34(59)28(53)18(9)43)5(10-19(44)29(54)35(60)30(55)20(10)45)3(1)8-15(40)25(50)33(58)26(51)16(8)41;1-4-10-16(11-5-1)19(17-12-6-2-7-13-17)18-14-8-3-9-15-18/h;1-15H/q-1;+1. The Morgan fingerprint density at radius 3 is 0.582 bits per heavy atom. The topological polar surface area (TPSA) is 0 Å². The van der Waals surface area contributed by atoms with Crippen LogP contribution < -0.4 is 0 Å². The quantitative estimate of drug-likeness (QED) is 0.0468.